The van der Waals surface area contributed by atoms with Crippen LogP contribution in [-0.2, 0) is 4.74 Å². The highest BCUT2D eigenvalue weighted by molar-refractivity contribution is 5.67. The summed E-state index contributed by atoms with van der Waals surface area (Å²) in [6.45, 7) is 9.73. The Bertz CT molecular complexity index is 122. The fraction of sp³-hybridized carbons (Fsp3) is 0.889. The summed E-state index contributed by atoms with van der Waals surface area (Å²) >= 11 is 0. The van der Waals surface area contributed by atoms with Crippen molar-refractivity contribution < 1.29 is 9.53 Å². The maximum Gasteiger partial charge on any atom is 0.407 e. The van der Waals surface area contributed by atoms with Crippen molar-refractivity contribution in [3.63, 3.8) is 0 Å². The van der Waals surface area contributed by atoms with Gasteiger partial charge in [-0.3, -0.25) is 0 Å². The van der Waals surface area contributed by atoms with Crippen LogP contribution < -0.4 is 5.32 Å². The molecule has 0 saturated heterocycles. The largest absolute Gasteiger partial charge is 0.444 e. The molecule has 0 radical (unpaired) electrons. The van der Waals surface area contributed by atoms with Gasteiger partial charge in [0.25, 0.3) is 0 Å². The highest BCUT2D eigenvalue weighted by Crippen LogP contribution is 2.12. The number of nitrogens with one attached hydrogen (secondary N) is 1. The normalized spacial score (nSPS) is 9.50. The van der Waals surface area contributed by atoms with Gasteiger partial charge in [-0.05, 0) is 20.3 Å². The third kappa shape index (κ3) is 7.38. The Hall–Kier alpha value is -0.730. The summed E-state index contributed by atoms with van der Waals surface area (Å²) in [6.07, 6.45) is 0.451. The van der Waals surface area contributed by atoms with E-state index in [1.54, 1.807) is 7.05 Å². The minimum Gasteiger partial charge on any atom is -0.444 e. The van der Waals surface area contributed by atoms with Crippen LogP contribution in [0.1, 0.15) is 41.0 Å². The molecule has 74 valence electrons. The minimum atomic E-state index is -0.369. The first-order valence-electron chi connectivity index (χ1n) is 4.42. The summed E-state index contributed by atoms with van der Waals surface area (Å²) in [5.74, 6) is 0. The van der Waals surface area contributed by atoms with Gasteiger partial charge in [0.15, 0.2) is 0 Å². The second kappa shape index (κ2) is 6.95. The van der Waals surface area contributed by atoms with Crippen LogP contribution in [0.3, 0.4) is 0 Å². The first-order valence-corrected chi connectivity index (χ1v) is 4.42. The molecular weight excluding hydrogens is 154 g/mol. The lowest BCUT2D eigenvalue weighted by Gasteiger charge is -2.22. The number of hydrogen-bond donors (Lipinski definition) is 1. The third-order valence-corrected chi connectivity index (χ3v) is 1.42. The first-order chi connectivity index (χ1) is 5.52. The van der Waals surface area contributed by atoms with Crippen LogP contribution in [0.4, 0.5) is 4.79 Å². The van der Waals surface area contributed by atoms with Gasteiger partial charge in [-0.1, -0.05) is 20.8 Å². The van der Waals surface area contributed by atoms with Gasteiger partial charge < -0.3 is 10.1 Å². The van der Waals surface area contributed by atoms with Crippen LogP contribution in [0.15, 0.2) is 0 Å². The summed E-state index contributed by atoms with van der Waals surface area (Å²) in [5.41, 5.74) is -0.347. The fourth-order valence-corrected chi connectivity index (χ4v) is 0.374. The van der Waals surface area contributed by atoms with E-state index in [1.807, 2.05) is 34.6 Å². The molecule has 0 atom stereocenters. The highest BCUT2D eigenvalue weighted by atomic mass is 16.6. The summed E-state index contributed by atoms with van der Waals surface area (Å²) in [5, 5.41) is 2.39. The molecule has 0 unspecified atom stereocenters. The number of rotatable bonds is 2. The van der Waals surface area contributed by atoms with Crippen LogP contribution in [-0.4, -0.2) is 18.7 Å². The van der Waals surface area contributed by atoms with Gasteiger partial charge in [-0.25, -0.2) is 4.79 Å². The zero-order valence-corrected chi connectivity index (χ0v) is 9.02. The molecule has 0 aromatic carbocycles. The van der Waals surface area contributed by atoms with Crippen LogP contribution in [0.2, 0.25) is 0 Å². The first kappa shape index (κ1) is 13.8. The molecule has 0 rings (SSSR count). The summed E-state index contributed by atoms with van der Waals surface area (Å²) in [6, 6.07) is 0. The van der Waals surface area contributed by atoms with E-state index in [9.17, 15) is 4.79 Å². The number of carbonyl (C=O) groups is 1. The van der Waals surface area contributed by atoms with Crippen LogP contribution >= 0.6 is 0 Å². The van der Waals surface area contributed by atoms with E-state index in [2.05, 4.69) is 5.32 Å². The Kier molecular flexibility index (Phi) is 8.01. The zero-order valence-electron chi connectivity index (χ0n) is 9.02. The summed E-state index contributed by atoms with van der Waals surface area (Å²) < 4.78 is 4.99. The molecule has 0 aliphatic carbocycles. The smallest absolute Gasteiger partial charge is 0.407 e. The Balaban J connectivity index is 0. The molecule has 3 nitrogen and oxygen atoms in total. The minimum absolute atomic E-state index is 0.347. The molecule has 1 N–H and O–H groups in total. The quantitative estimate of drug-likeness (QED) is 0.700. The molecular formula is C9H21NO2. The van der Waals surface area contributed by atoms with E-state index >= 15 is 0 Å². The van der Waals surface area contributed by atoms with Crippen LogP contribution in [0.25, 0.3) is 0 Å². The Morgan fingerprint density at radius 1 is 1.42 bits per heavy atom. The zero-order chi connectivity index (χ0) is 10.2. The van der Waals surface area contributed by atoms with E-state index in [-0.39, 0.29) is 11.7 Å². The van der Waals surface area contributed by atoms with Crippen LogP contribution in [0, 0.1) is 0 Å². The maximum absolute atomic E-state index is 10.7. The van der Waals surface area contributed by atoms with E-state index in [0.29, 0.717) is 0 Å². The maximum atomic E-state index is 10.7. The van der Waals surface area contributed by atoms with Crippen molar-refractivity contribution in [2.24, 2.45) is 0 Å². The molecule has 12 heavy (non-hydrogen) atoms. The van der Waals surface area contributed by atoms with Crippen LogP contribution in [0.5, 0.6) is 0 Å². The van der Waals surface area contributed by atoms with Gasteiger partial charge in [-0.15, -0.1) is 0 Å². The molecule has 0 spiro atoms. The Morgan fingerprint density at radius 2 is 1.83 bits per heavy atom. The second-order valence-electron chi connectivity index (χ2n) is 2.75. The van der Waals surface area contributed by atoms with Gasteiger partial charge in [0.05, 0.1) is 0 Å². The summed E-state index contributed by atoms with van der Waals surface area (Å²) in [4.78, 5) is 10.7. The standard InChI is InChI=1S/C7H15NO2.C2H6/c1-5-7(2,3)10-6(9)8-4;1-2/h5H2,1-4H3,(H,8,9);1-2H3. The van der Waals surface area contributed by atoms with E-state index < -0.39 is 0 Å². The average Bonchev–Trinajstić information content (AvgIpc) is 2.07. The number of carbonyl (C=O) groups excluding carboxylic acids is 1. The Labute approximate surface area is 75.5 Å². The van der Waals surface area contributed by atoms with Gasteiger partial charge >= 0.3 is 6.09 Å². The molecule has 0 aliphatic rings. The second-order valence-corrected chi connectivity index (χ2v) is 2.75. The van der Waals surface area contributed by atoms with Crippen molar-refractivity contribution in [3.8, 4) is 0 Å². The Morgan fingerprint density at radius 3 is 2.08 bits per heavy atom. The lowest BCUT2D eigenvalue weighted by molar-refractivity contribution is 0.0376. The van der Waals surface area contributed by atoms with Crippen molar-refractivity contribution in [1.82, 2.24) is 5.32 Å². The number of alkyl carbamates (subject to hydrolysis) is 1. The average molecular weight is 175 g/mol. The lowest BCUT2D eigenvalue weighted by Crippen LogP contribution is -2.32. The van der Waals surface area contributed by atoms with E-state index in [4.69, 9.17) is 4.74 Å². The molecule has 3 heteroatoms. The van der Waals surface area contributed by atoms with Crippen molar-refractivity contribution in [2.75, 3.05) is 7.05 Å². The molecule has 0 heterocycles. The third-order valence-electron chi connectivity index (χ3n) is 1.42. The van der Waals surface area contributed by atoms with Gasteiger partial charge in [-0.2, -0.15) is 0 Å². The van der Waals surface area contributed by atoms with Gasteiger partial charge in [0, 0.05) is 7.05 Å². The van der Waals surface area contributed by atoms with Crippen molar-refractivity contribution >= 4 is 6.09 Å². The predicted octanol–water partition coefficient (Wildman–Crippen LogP) is 2.56. The number of ether oxygens (including phenoxy) is 1. The number of amides is 1. The topological polar surface area (TPSA) is 38.3 Å². The lowest BCUT2D eigenvalue weighted by atomic mass is 10.1. The molecule has 0 aromatic heterocycles. The van der Waals surface area contributed by atoms with Crippen molar-refractivity contribution in [2.45, 2.75) is 46.6 Å². The van der Waals surface area contributed by atoms with E-state index in [1.165, 1.54) is 0 Å². The SMILES string of the molecule is CC.CCC(C)(C)OC(=O)NC. The molecule has 1 amide bonds. The molecule has 0 bridgehead atoms. The summed E-state index contributed by atoms with van der Waals surface area (Å²) in [7, 11) is 1.55. The molecule has 0 aliphatic heterocycles. The highest BCUT2D eigenvalue weighted by Gasteiger charge is 2.18. The predicted molar refractivity (Wildman–Crippen MR) is 51.3 cm³/mol. The fourth-order valence-electron chi connectivity index (χ4n) is 0.374. The van der Waals surface area contributed by atoms with Crippen molar-refractivity contribution in [1.29, 1.82) is 0 Å². The van der Waals surface area contributed by atoms with Gasteiger partial charge in [0.1, 0.15) is 5.60 Å². The van der Waals surface area contributed by atoms with E-state index in [0.717, 1.165) is 6.42 Å². The monoisotopic (exact) mass is 175 g/mol. The van der Waals surface area contributed by atoms with Gasteiger partial charge in [0.2, 0.25) is 0 Å². The molecule has 0 fully saturated rings. The van der Waals surface area contributed by atoms with Crippen molar-refractivity contribution in [3.05, 3.63) is 0 Å². The number of hydrogen-bond acceptors (Lipinski definition) is 2. The molecule has 0 saturated carbocycles. The molecule has 0 aromatic rings.